The molecule has 2 rings (SSSR count). The molecule has 1 unspecified atom stereocenters. The van der Waals surface area contributed by atoms with Gasteiger partial charge in [0.05, 0.1) is 10.4 Å². The number of thiophene rings is 1. The van der Waals surface area contributed by atoms with Gasteiger partial charge in [-0.05, 0) is 40.8 Å². The molecule has 108 valence electrons. The van der Waals surface area contributed by atoms with Crippen LogP contribution in [-0.2, 0) is 21.4 Å². The smallest absolute Gasteiger partial charge is 0.242 e. The zero-order chi connectivity index (χ0) is 13.9. The number of hydrogen-bond acceptors (Lipinski definition) is 5. The van der Waals surface area contributed by atoms with Gasteiger partial charge in [0.15, 0.2) is 0 Å². The number of aliphatic hydroxyl groups excluding tert-OH is 1. The van der Waals surface area contributed by atoms with Gasteiger partial charge < -0.3 is 9.84 Å². The summed E-state index contributed by atoms with van der Waals surface area (Å²) in [6.07, 6.45) is 1.78. The normalized spacial score (nSPS) is 20.0. The Kier molecular flexibility index (Phi) is 5.38. The molecule has 0 bridgehead atoms. The standard InChI is InChI=1S/C11H16BrNO4S2/c12-11-10(5-9(6-14)18-11)19(15,16)13-3-1-8-2-4-17-7-8/h5,8,13-14H,1-4,6-7H2. The van der Waals surface area contributed by atoms with Crippen LogP contribution in [0.2, 0.25) is 0 Å². The summed E-state index contributed by atoms with van der Waals surface area (Å²) in [5, 5.41) is 9.02. The van der Waals surface area contributed by atoms with E-state index in [1.165, 1.54) is 17.4 Å². The van der Waals surface area contributed by atoms with Crippen molar-refractivity contribution in [3.8, 4) is 0 Å². The van der Waals surface area contributed by atoms with E-state index in [-0.39, 0.29) is 11.5 Å². The molecule has 0 aliphatic carbocycles. The van der Waals surface area contributed by atoms with E-state index < -0.39 is 10.0 Å². The number of rotatable bonds is 6. The summed E-state index contributed by atoms with van der Waals surface area (Å²) < 4.78 is 32.6. The maximum absolute atomic E-state index is 12.1. The summed E-state index contributed by atoms with van der Waals surface area (Å²) in [5.74, 6) is 0.446. The van der Waals surface area contributed by atoms with Gasteiger partial charge in [-0.1, -0.05) is 0 Å². The average molecular weight is 370 g/mol. The molecule has 1 aliphatic heterocycles. The first-order valence-corrected chi connectivity index (χ1v) is 9.08. The fraction of sp³-hybridized carbons (Fsp3) is 0.636. The summed E-state index contributed by atoms with van der Waals surface area (Å²) >= 11 is 4.45. The Balaban J connectivity index is 1.95. The number of ether oxygens (including phenoxy) is 1. The molecule has 19 heavy (non-hydrogen) atoms. The van der Waals surface area contributed by atoms with Crippen LogP contribution in [-0.4, -0.2) is 33.3 Å². The zero-order valence-corrected chi connectivity index (χ0v) is 13.5. The Morgan fingerprint density at radius 3 is 2.95 bits per heavy atom. The van der Waals surface area contributed by atoms with E-state index in [9.17, 15) is 8.42 Å². The van der Waals surface area contributed by atoms with Crippen molar-refractivity contribution in [1.29, 1.82) is 0 Å². The lowest BCUT2D eigenvalue weighted by Gasteiger charge is -2.09. The first-order valence-electron chi connectivity index (χ1n) is 5.99. The third-order valence-electron chi connectivity index (χ3n) is 3.02. The lowest BCUT2D eigenvalue weighted by atomic mass is 10.1. The lowest BCUT2D eigenvalue weighted by molar-refractivity contribution is 0.184. The highest BCUT2D eigenvalue weighted by Crippen LogP contribution is 2.31. The van der Waals surface area contributed by atoms with Crippen LogP contribution in [0.4, 0.5) is 0 Å². The molecule has 8 heteroatoms. The molecule has 1 aliphatic rings. The van der Waals surface area contributed by atoms with Gasteiger partial charge in [-0.3, -0.25) is 0 Å². The SMILES string of the molecule is O=S(=O)(NCCC1CCOC1)c1cc(CO)sc1Br. The Bertz CT molecular complexity index is 523. The third kappa shape index (κ3) is 3.99. The quantitative estimate of drug-likeness (QED) is 0.800. The van der Waals surface area contributed by atoms with Crippen molar-refractivity contribution in [1.82, 2.24) is 4.72 Å². The minimum atomic E-state index is -3.51. The van der Waals surface area contributed by atoms with Gasteiger partial charge >= 0.3 is 0 Å². The summed E-state index contributed by atoms with van der Waals surface area (Å²) in [6, 6.07) is 1.50. The van der Waals surface area contributed by atoms with Crippen molar-refractivity contribution < 1.29 is 18.3 Å². The van der Waals surface area contributed by atoms with Crippen molar-refractivity contribution in [2.45, 2.75) is 24.3 Å². The van der Waals surface area contributed by atoms with Crippen LogP contribution in [0.15, 0.2) is 14.7 Å². The molecule has 0 aromatic carbocycles. The summed E-state index contributed by atoms with van der Waals surface area (Å²) in [4.78, 5) is 0.820. The highest BCUT2D eigenvalue weighted by molar-refractivity contribution is 9.11. The lowest BCUT2D eigenvalue weighted by Crippen LogP contribution is -2.26. The van der Waals surface area contributed by atoms with Gasteiger partial charge in [0.2, 0.25) is 10.0 Å². The maximum atomic E-state index is 12.1. The second-order valence-corrected chi connectivity index (χ2v) is 8.61. The second-order valence-electron chi connectivity index (χ2n) is 4.42. The molecule has 0 radical (unpaired) electrons. The Morgan fingerprint density at radius 1 is 1.58 bits per heavy atom. The van der Waals surface area contributed by atoms with Gasteiger partial charge in [0.1, 0.15) is 4.90 Å². The Morgan fingerprint density at radius 2 is 2.37 bits per heavy atom. The molecular weight excluding hydrogens is 354 g/mol. The number of aliphatic hydroxyl groups is 1. The van der Waals surface area contributed by atoms with E-state index in [2.05, 4.69) is 20.7 Å². The molecule has 1 atom stereocenters. The molecular formula is C11H16BrNO4S2. The highest BCUT2D eigenvalue weighted by Gasteiger charge is 2.22. The third-order valence-corrected chi connectivity index (χ3v) is 6.72. The first-order chi connectivity index (χ1) is 9.03. The molecule has 5 nitrogen and oxygen atoms in total. The second kappa shape index (κ2) is 6.64. The van der Waals surface area contributed by atoms with Crippen LogP contribution in [0.1, 0.15) is 17.7 Å². The molecule has 1 aromatic heterocycles. The summed E-state index contributed by atoms with van der Waals surface area (Å²) in [7, 11) is -3.51. The van der Waals surface area contributed by atoms with E-state index in [1.807, 2.05) is 0 Å². The van der Waals surface area contributed by atoms with Crippen LogP contribution in [0, 0.1) is 5.92 Å². The van der Waals surface area contributed by atoms with E-state index in [4.69, 9.17) is 9.84 Å². The number of halogens is 1. The average Bonchev–Trinajstić information content (AvgIpc) is 2.98. The van der Waals surface area contributed by atoms with Gasteiger partial charge in [-0.15, -0.1) is 11.3 Å². The Hall–Kier alpha value is 0.01000. The first kappa shape index (κ1) is 15.4. The van der Waals surface area contributed by atoms with Crippen LogP contribution in [0.3, 0.4) is 0 Å². The fourth-order valence-electron chi connectivity index (χ4n) is 1.95. The van der Waals surface area contributed by atoms with Gasteiger partial charge in [0.25, 0.3) is 0 Å². The van der Waals surface area contributed by atoms with E-state index in [0.717, 1.165) is 26.1 Å². The molecule has 0 spiro atoms. The van der Waals surface area contributed by atoms with Crippen molar-refractivity contribution in [2.75, 3.05) is 19.8 Å². The molecule has 1 aromatic rings. The molecule has 2 heterocycles. The monoisotopic (exact) mass is 369 g/mol. The van der Waals surface area contributed by atoms with Crippen molar-refractivity contribution in [3.05, 3.63) is 14.7 Å². The number of hydrogen-bond donors (Lipinski definition) is 2. The zero-order valence-electron chi connectivity index (χ0n) is 10.3. The number of nitrogens with one attached hydrogen (secondary N) is 1. The van der Waals surface area contributed by atoms with Crippen LogP contribution in [0.25, 0.3) is 0 Å². The number of sulfonamides is 1. The van der Waals surface area contributed by atoms with Crippen LogP contribution < -0.4 is 4.72 Å². The van der Waals surface area contributed by atoms with Crippen molar-refractivity contribution in [2.24, 2.45) is 5.92 Å². The van der Waals surface area contributed by atoms with Gasteiger partial charge in [-0.25, -0.2) is 13.1 Å². The van der Waals surface area contributed by atoms with Crippen LogP contribution in [0.5, 0.6) is 0 Å². The molecule has 0 amide bonds. The van der Waals surface area contributed by atoms with E-state index in [0.29, 0.717) is 21.1 Å². The highest BCUT2D eigenvalue weighted by atomic mass is 79.9. The molecule has 1 saturated heterocycles. The van der Waals surface area contributed by atoms with Gasteiger partial charge in [-0.2, -0.15) is 0 Å². The minimum Gasteiger partial charge on any atom is -0.391 e. The van der Waals surface area contributed by atoms with Crippen molar-refractivity contribution >= 4 is 37.3 Å². The largest absolute Gasteiger partial charge is 0.391 e. The minimum absolute atomic E-state index is 0.155. The molecule has 0 saturated carbocycles. The van der Waals surface area contributed by atoms with Crippen LogP contribution >= 0.6 is 27.3 Å². The molecule has 1 fully saturated rings. The summed E-state index contributed by atoms with van der Waals surface area (Å²) in [5.41, 5.74) is 0. The van der Waals surface area contributed by atoms with E-state index in [1.54, 1.807) is 0 Å². The predicted octanol–water partition coefficient (Wildman–Crippen LogP) is 1.71. The van der Waals surface area contributed by atoms with E-state index >= 15 is 0 Å². The fourth-order valence-corrected chi connectivity index (χ4v) is 5.53. The van der Waals surface area contributed by atoms with Gasteiger partial charge in [0, 0.05) is 24.6 Å². The Labute approximate surface area is 125 Å². The molecule has 2 N–H and O–H groups in total. The van der Waals surface area contributed by atoms with Crippen molar-refractivity contribution in [3.63, 3.8) is 0 Å². The predicted molar refractivity (Wildman–Crippen MR) is 76.7 cm³/mol. The maximum Gasteiger partial charge on any atom is 0.242 e. The summed E-state index contributed by atoms with van der Waals surface area (Å²) in [6.45, 7) is 1.75. The topological polar surface area (TPSA) is 75.6 Å².